The Labute approximate surface area is 91.7 Å². The van der Waals surface area contributed by atoms with Gasteiger partial charge in [0.25, 0.3) is 0 Å². The van der Waals surface area contributed by atoms with Crippen LogP contribution in [0.4, 0.5) is 0 Å². The van der Waals surface area contributed by atoms with Crippen molar-refractivity contribution in [2.24, 2.45) is 5.73 Å². The van der Waals surface area contributed by atoms with Gasteiger partial charge in [0.15, 0.2) is 0 Å². The predicted octanol–water partition coefficient (Wildman–Crippen LogP) is 2.36. The Kier molecular flexibility index (Phi) is 2.59. The molecule has 3 heteroatoms. The maximum Gasteiger partial charge on any atom is 0.0546 e. The predicted molar refractivity (Wildman–Crippen MR) is 61.7 cm³/mol. The molecule has 0 saturated carbocycles. The van der Waals surface area contributed by atoms with Gasteiger partial charge >= 0.3 is 0 Å². The van der Waals surface area contributed by atoms with Crippen molar-refractivity contribution in [3.8, 4) is 0 Å². The highest BCUT2D eigenvalue weighted by atomic mass is 15.3. The third-order valence-corrected chi connectivity index (χ3v) is 3.11. The Balaban J connectivity index is 2.44. The summed E-state index contributed by atoms with van der Waals surface area (Å²) in [6, 6.07) is 0.193. The third kappa shape index (κ3) is 1.93. The summed E-state index contributed by atoms with van der Waals surface area (Å²) in [5, 5.41) is 4.50. The Hall–Kier alpha value is -0.830. The summed E-state index contributed by atoms with van der Waals surface area (Å²) in [6.07, 6.45) is 6.67. The van der Waals surface area contributed by atoms with Crippen molar-refractivity contribution in [3.63, 3.8) is 0 Å². The van der Waals surface area contributed by atoms with Crippen molar-refractivity contribution < 1.29 is 0 Å². The highest BCUT2D eigenvalue weighted by Crippen LogP contribution is 2.29. The van der Waals surface area contributed by atoms with E-state index in [1.807, 2.05) is 6.20 Å². The van der Waals surface area contributed by atoms with E-state index in [0.717, 1.165) is 12.8 Å². The summed E-state index contributed by atoms with van der Waals surface area (Å²) in [5.41, 5.74) is 8.84. The van der Waals surface area contributed by atoms with Crippen molar-refractivity contribution in [1.29, 1.82) is 0 Å². The SMILES string of the molecule is CC(C)(C)n1ncc2c1CCCCC2N. The minimum absolute atomic E-state index is 0.0671. The number of aromatic nitrogens is 2. The van der Waals surface area contributed by atoms with Crippen LogP contribution < -0.4 is 5.73 Å². The number of nitrogens with two attached hydrogens (primary N) is 1. The lowest BCUT2D eigenvalue weighted by Crippen LogP contribution is -2.25. The Morgan fingerprint density at radius 3 is 2.80 bits per heavy atom. The largest absolute Gasteiger partial charge is 0.324 e. The molecule has 2 N–H and O–H groups in total. The van der Waals surface area contributed by atoms with Gasteiger partial charge in [-0.15, -0.1) is 0 Å². The van der Waals surface area contributed by atoms with Crippen LogP contribution >= 0.6 is 0 Å². The molecule has 1 aromatic heterocycles. The van der Waals surface area contributed by atoms with Gasteiger partial charge in [0.05, 0.1) is 11.7 Å². The van der Waals surface area contributed by atoms with Crippen molar-refractivity contribution in [2.75, 3.05) is 0 Å². The molecule has 1 aliphatic carbocycles. The van der Waals surface area contributed by atoms with Gasteiger partial charge in [-0.25, -0.2) is 0 Å². The molecule has 0 spiro atoms. The molecule has 2 rings (SSSR count). The normalized spacial score (nSPS) is 22.3. The van der Waals surface area contributed by atoms with Crippen LogP contribution in [-0.4, -0.2) is 9.78 Å². The molecule has 84 valence electrons. The fourth-order valence-corrected chi connectivity index (χ4v) is 2.34. The quantitative estimate of drug-likeness (QED) is 0.664. The Morgan fingerprint density at radius 2 is 2.13 bits per heavy atom. The van der Waals surface area contributed by atoms with Crippen LogP contribution in [0.3, 0.4) is 0 Å². The van der Waals surface area contributed by atoms with Crippen molar-refractivity contribution >= 4 is 0 Å². The molecule has 1 unspecified atom stereocenters. The first-order valence-electron chi connectivity index (χ1n) is 5.83. The van der Waals surface area contributed by atoms with Gasteiger partial charge in [0.1, 0.15) is 0 Å². The van der Waals surface area contributed by atoms with Gasteiger partial charge in [0, 0.05) is 17.3 Å². The van der Waals surface area contributed by atoms with E-state index in [4.69, 9.17) is 5.73 Å². The molecule has 1 atom stereocenters. The molecule has 0 amide bonds. The van der Waals surface area contributed by atoms with E-state index in [-0.39, 0.29) is 11.6 Å². The minimum atomic E-state index is 0.0671. The van der Waals surface area contributed by atoms with E-state index >= 15 is 0 Å². The average Bonchev–Trinajstić information content (AvgIpc) is 2.48. The van der Waals surface area contributed by atoms with Crippen molar-refractivity contribution in [2.45, 2.75) is 58.0 Å². The van der Waals surface area contributed by atoms with Crippen LogP contribution in [0.1, 0.15) is 57.3 Å². The highest BCUT2D eigenvalue weighted by molar-refractivity contribution is 5.24. The number of nitrogens with zero attached hydrogens (tertiary/aromatic N) is 2. The molecule has 3 nitrogen and oxygen atoms in total. The summed E-state index contributed by atoms with van der Waals surface area (Å²) >= 11 is 0. The van der Waals surface area contributed by atoms with Gasteiger partial charge < -0.3 is 5.73 Å². The van der Waals surface area contributed by atoms with Crippen LogP contribution in [0, 0.1) is 0 Å². The topological polar surface area (TPSA) is 43.8 Å². The van der Waals surface area contributed by atoms with Crippen LogP contribution in [0.5, 0.6) is 0 Å². The maximum atomic E-state index is 6.15. The third-order valence-electron chi connectivity index (χ3n) is 3.11. The monoisotopic (exact) mass is 207 g/mol. The molecule has 0 aromatic carbocycles. The number of fused-ring (bicyclic) bond motifs is 1. The highest BCUT2D eigenvalue weighted by Gasteiger charge is 2.24. The molecule has 1 aliphatic rings. The summed E-state index contributed by atoms with van der Waals surface area (Å²) < 4.78 is 2.15. The first-order chi connectivity index (χ1) is 7.00. The Morgan fingerprint density at radius 1 is 1.40 bits per heavy atom. The molecule has 1 aromatic rings. The summed E-state index contributed by atoms with van der Waals surface area (Å²) in [6.45, 7) is 6.57. The molecule has 0 fully saturated rings. The van der Waals surface area contributed by atoms with E-state index in [1.165, 1.54) is 24.1 Å². The standard InChI is InChI=1S/C12H21N3/c1-12(2,3)15-11-7-5-4-6-10(13)9(11)8-14-15/h8,10H,4-7,13H2,1-3H3. The molecular formula is C12H21N3. The molecule has 0 bridgehead atoms. The fourth-order valence-electron chi connectivity index (χ4n) is 2.34. The lowest BCUT2D eigenvalue weighted by Gasteiger charge is -2.23. The lowest BCUT2D eigenvalue weighted by molar-refractivity contribution is 0.342. The van der Waals surface area contributed by atoms with E-state index < -0.39 is 0 Å². The Bertz CT molecular complexity index is 346. The molecule has 1 heterocycles. The van der Waals surface area contributed by atoms with Crippen LogP contribution in [0.15, 0.2) is 6.20 Å². The molecule has 15 heavy (non-hydrogen) atoms. The fraction of sp³-hybridized carbons (Fsp3) is 0.750. The smallest absolute Gasteiger partial charge is 0.0546 e. The molecule has 0 radical (unpaired) electrons. The van der Waals surface area contributed by atoms with Crippen LogP contribution in [-0.2, 0) is 12.0 Å². The number of hydrogen-bond acceptors (Lipinski definition) is 2. The van der Waals surface area contributed by atoms with Crippen molar-refractivity contribution in [1.82, 2.24) is 9.78 Å². The van der Waals surface area contributed by atoms with E-state index in [1.54, 1.807) is 0 Å². The van der Waals surface area contributed by atoms with Crippen LogP contribution in [0.2, 0.25) is 0 Å². The average molecular weight is 207 g/mol. The second kappa shape index (κ2) is 3.63. The second-order valence-electron chi connectivity index (χ2n) is 5.48. The summed E-state index contributed by atoms with van der Waals surface area (Å²) in [7, 11) is 0. The first-order valence-corrected chi connectivity index (χ1v) is 5.83. The van der Waals surface area contributed by atoms with Gasteiger partial charge in [-0.05, 0) is 40.0 Å². The van der Waals surface area contributed by atoms with Gasteiger partial charge in [-0.1, -0.05) is 6.42 Å². The summed E-state index contributed by atoms with van der Waals surface area (Å²) in [5.74, 6) is 0. The number of rotatable bonds is 0. The zero-order valence-corrected chi connectivity index (χ0v) is 9.95. The van der Waals surface area contributed by atoms with E-state index in [9.17, 15) is 0 Å². The maximum absolute atomic E-state index is 6.15. The summed E-state index contributed by atoms with van der Waals surface area (Å²) in [4.78, 5) is 0. The van der Waals surface area contributed by atoms with E-state index in [2.05, 4.69) is 30.6 Å². The second-order valence-corrected chi connectivity index (χ2v) is 5.48. The minimum Gasteiger partial charge on any atom is -0.324 e. The van der Waals surface area contributed by atoms with Crippen LogP contribution in [0.25, 0.3) is 0 Å². The van der Waals surface area contributed by atoms with Gasteiger partial charge in [-0.3, -0.25) is 4.68 Å². The zero-order valence-electron chi connectivity index (χ0n) is 9.95. The van der Waals surface area contributed by atoms with Crippen molar-refractivity contribution in [3.05, 3.63) is 17.5 Å². The number of hydrogen-bond donors (Lipinski definition) is 1. The zero-order chi connectivity index (χ0) is 11.1. The molecule has 0 saturated heterocycles. The van der Waals surface area contributed by atoms with Gasteiger partial charge in [-0.2, -0.15) is 5.10 Å². The molecule has 0 aliphatic heterocycles. The van der Waals surface area contributed by atoms with Gasteiger partial charge in [0.2, 0.25) is 0 Å². The van der Waals surface area contributed by atoms with E-state index in [0.29, 0.717) is 0 Å². The lowest BCUT2D eigenvalue weighted by atomic mass is 10.1. The molecular weight excluding hydrogens is 186 g/mol. The first kappa shape index (κ1) is 10.7.